The molecular formula is C27H37NO5. The Bertz CT molecular complexity index is 913. The van der Waals surface area contributed by atoms with Crippen LogP contribution in [-0.2, 0) is 35.4 Å². The lowest BCUT2D eigenvalue weighted by atomic mass is 9.86. The van der Waals surface area contributed by atoms with Crippen molar-refractivity contribution in [3.63, 3.8) is 0 Å². The van der Waals surface area contributed by atoms with Crippen LogP contribution < -0.4 is 5.32 Å². The molecule has 0 aliphatic heterocycles. The highest BCUT2D eigenvalue weighted by Crippen LogP contribution is 2.25. The molecule has 0 spiro atoms. The van der Waals surface area contributed by atoms with E-state index in [9.17, 15) is 20.1 Å². The van der Waals surface area contributed by atoms with Crippen LogP contribution in [-0.4, -0.2) is 40.5 Å². The maximum absolute atomic E-state index is 11.4. The number of fused-ring (bicyclic) bond motifs is 1. The molecule has 0 amide bonds. The minimum atomic E-state index is -0.696. The monoisotopic (exact) mass is 455 g/mol. The molecule has 6 heteroatoms. The molecule has 1 aliphatic carbocycles. The SMILES string of the molecule is CCOC(=O)CCCCCc1ccc2c(c1)C[C@@H](NCC(O)c1ccc(O)c(CO)c1)CC2. The summed E-state index contributed by atoms with van der Waals surface area (Å²) in [6, 6.07) is 12.0. The lowest BCUT2D eigenvalue weighted by molar-refractivity contribution is -0.143. The van der Waals surface area contributed by atoms with Crippen molar-refractivity contribution in [3.8, 4) is 5.75 Å². The van der Waals surface area contributed by atoms with E-state index >= 15 is 0 Å². The topological polar surface area (TPSA) is 99.0 Å². The molecule has 0 fully saturated rings. The van der Waals surface area contributed by atoms with Crippen molar-refractivity contribution < 1.29 is 24.9 Å². The number of rotatable bonds is 12. The van der Waals surface area contributed by atoms with Gasteiger partial charge in [-0.1, -0.05) is 30.7 Å². The summed E-state index contributed by atoms with van der Waals surface area (Å²) in [5.74, 6) is -0.0608. The largest absolute Gasteiger partial charge is 0.508 e. The third-order valence-corrected chi connectivity index (χ3v) is 6.41. The second-order valence-electron chi connectivity index (χ2n) is 8.88. The van der Waals surface area contributed by atoms with E-state index in [0.717, 1.165) is 44.9 Å². The zero-order chi connectivity index (χ0) is 23.6. The first-order chi connectivity index (χ1) is 16.0. The Morgan fingerprint density at radius 2 is 2.00 bits per heavy atom. The Hall–Kier alpha value is -2.41. The zero-order valence-electron chi connectivity index (χ0n) is 19.6. The number of aliphatic hydroxyl groups is 2. The van der Waals surface area contributed by atoms with E-state index in [1.807, 2.05) is 6.92 Å². The quantitative estimate of drug-likeness (QED) is 0.288. The number of aliphatic hydroxyl groups excluding tert-OH is 2. The molecule has 2 atom stereocenters. The standard InChI is InChI=1S/C27H37NO5/c1-2-33-27(32)7-5-3-4-6-19-8-9-20-10-12-24(16-22(20)14-19)28-17-26(31)21-11-13-25(30)23(15-21)18-29/h8-9,11,13-15,24,26,28-31H,2-7,10,12,16-18H2,1H3/t24-,26?/m0/s1. The van der Waals surface area contributed by atoms with Crippen LogP contribution in [0.15, 0.2) is 36.4 Å². The number of esters is 1. The van der Waals surface area contributed by atoms with E-state index in [1.54, 1.807) is 12.1 Å². The number of hydrogen-bond acceptors (Lipinski definition) is 6. The van der Waals surface area contributed by atoms with Gasteiger partial charge in [-0.15, -0.1) is 0 Å². The first-order valence-corrected chi connectivity index (χ1v) is 12.1. The molecule has 1 unspecified atom stereocenters. The molecule has 0 saturated carbocycles. The van der Waals surface area contributed by atoms with Gasteiger partial charge in [-0.2, -0.15) is 0 Å². The summed E-state index contributed by atoms with van der Waals surface area (Å²) in [5, 5.41) is 33.1. The Morgan fingerprint density at radius 3 is 2.79 bits per heavy atom. The number of unbranched alkanes of at least 4 members (excludes halogenated alkanes) is 2. The van der Waals surface area contributed by atoms with Gasteiger partial charge in [-0.25, -0.2) is 0 Å². The number of aromatic hydroxyl groups is 1. The third kappa shape index (κ3) is 7.56. The van der Waals surface area contributed by atoms with E-state index in [1.165, 1.54) is 22.8 Å². The van der Waals surface area contributed by atoms with Crippen LogP contribution in [0.1, 0.15) is 72.9 Å². The van der Waals surface area contributed by atoms with Gasteiger partial charge < -0.3 is 25.4 Å². The Morgan fingerprint density at radius 1 is 1.15 bits per heavy atom. The normalized spacial score (nSPS) is 16.3. The second-order valence-corrected chi connectivity index (χ2v) is 8.88. The lowest BCUT2D eigenvalue weighted by Crippen LogP contribution is -2.37. The van der Waals surface area contributed by atoms with Gasteiger partial charge in [0, 0.05) is 24.6 Å². The predicted molar refractivity (Wildman–Crippen MR) is 128 cm³/mol. The summed E-state index contributed by atoms with van der Waals surface area (Å²) in [6.45, 7) is 2.45. The van der Waals surface area contributed by atoms with Gasteiger partial charge in [0.25, 0.3) is 0 Å². The fourth-order valence-electron chi connectivity index (χ4n) is 4.48. The van der Waals surface area contributed by atoms with E-state index in [4.69, 9.17) is 4.74 Å². The number of aryl methyl sites for hydroxylation is 2. The summed E-state index contributed by atoms with van der Waals surface area (Å²) < 4.78 is 4.97. The lowest BCUT2D eigenvalue weighted by Gasteiger charge is -2.27. The number of phenols is 1. The molecule has 2 aromatic carbocycles. The van der Waals surface area contributed by atoms with Gasteiger partial charge in [0.1, 0.15) is 5.75 Å². The van der Waals surface area contributed by atoms with Crippen LogP contribution in [0.2, 0.25) is 0 Å². The fraction of sp³-hybridized carbons (Fsp3) is 0.519. The molecule has 4 N–H and O–H groups in total. The maximum Gasteiger partial charge on any atom is 0.305 e. The van der Waals surface area contributed by atoms with Crippen molar-refractivity contribution in [2.75, 3.05) is 13.2 Å². The molecule has 0 radical (unpaired) electrons. The predicted octanol–water partition coefficient (Wildman–Crippen LogP) is 3.73. The maximum atomic E-state index is 11.4. The number of ether oxygens (including phenoxy) is 1. The summed E-state index contributed by atoms with van der Waals surface area (Å²) in [6.07, 6.45) is 6.78. The molecule has 0 bridgehead atoms. The minimum Gasteiger partial charge on any atom is -0.508 e. The van der Waals surface area contributed by atoms with Crippen molar-refractivity contribution in [1.29, 1.82) is 0 Å². The summed E-state index contributed by atoms with van der Waals surface area (Å²) in [4.78, 5) is 11.4. The molecule has 0 saturated heterocycles. The van der Waals surface area contributed by atoms with Crippen LogP contribution in [0, 0.1) is 0 Å². The number of nitrogens with one attached hydrogen (secondary N) is 1. The smallest absolute Gasteiger partial charge is 0.305 e. The molecule has 3 rings (SSSR count). The highest BCUT2D eigenvalue weighted by atomic mass is 16.5. The second kappa shape index (κ2) is 12.7. The van der Waals surface area contributed by atoms with Crippen molar-refractivity contribution in [2.45, 2.75) is 77.0 Å². The fourth-order valence-corrected chi connectivity index (χ4v) is 4.48. The third-order valence-electron chi connectivity index (χ3n) is 6.41. The van der Waals surface area contributed by atoms with E-state index < -0.39 is 6.10 Å². The Balaban J connectivity index is 1.46. The molecule has 0 aromatic heterocycles. The average Bonchev–Trinajstić information content (AvgIpc) is 2.82. The highest BCUT2D eigenvalue weighted by Gasteiger charge is 2.20. The van der Waals surface area contributed by atoms with Gasteiger partial charge in [-0.05, 0) is 79.8 Å². The summed E-state index contributed by atoms with van der Waals surface area (Å²) >= 11 is 0. The van der Waals surface area contributed by atoms with Gasteiger partial charge in [-0.3, -0.25) is 4.79 Å². The van der Waals surface area contributed by atoms with Crippen molar-refractivity contribution in [2.24, 2.45) is 0 Å². The Kier molecular flexibility index (Phi) is 9.73. The van der Waals surface area contributed by atoms with E-state index in [2.05, 4.69) is 23.5 Å². The molecular weight excluding hydrogens is 418 g/mol. The van der Waals surface area contributed by atoms with Gasteiger partial charge in [0.15, 0.2) is 0 Å². The van der Waals surface area contributed by atoms with Crippen LogP contribution >= 0.6 is 0 Å². The zero-order valence-corrected chi connectivity index (χ0v) is 19.6. The number of carbonyl (C=O) groups is 1. The Labute approximate surface area is 196 Å². The van der Waals surface area contributed by atoms with Gasteiger partial charge in [0.2, 0.25) is 0 Å². The summed E-state index contributed by atoms with van der Waals surface area (Å²) in [5.41, 5.74) is 5.24. The van der Waals surface area contributed by atoms with E-state index in [0.29, 0.717) is 36.7 Å². The molecule has 1 aliphatic rings. The highest BCUT2D eigenvalue weighted by molar-refractivity contribution is 5.69. The van der Waals surface area contributed by atoms with Gasteiger partial charge >= 0.3 is 5.97 Å². The molecule has 180 valence electrons. The van der Waals surface area contributed by atoms with Crippen molar-refractivity contribution in [1.82, 2.24) is 5.32 Å². The number of hydrogen-bond donors (Lipinski definition) is 4. The summed E-state index contributed by atoms with van der Waals surface area (Å²) in [7, 11) is 0. The van der Waals surface area contributed by atoms with Crippen LogP contribution in [0.25, 0.3) is 0 Å². The molecule has 6 nitrogen and oxygen atoms in total. The number of carbonyl (C=O) groups excluding carboxylic acids is 1. The number of benzene rings is 2. The van der Waals surface area contributed by atoms with Gasteiger partial charge in [0.05, 0.1) is 19.3 Å². The van der Waals surface area contributed by atoms with Crippen LogP contribution in [0.4, 0.5) is 0 Å². The van der Waals surface area contributed by atoms with E-state index in [-0.39, 0.29) is 18.3 Å². The first kappa shape index (κ1) is 25.2. The minimum absolute atomic E-state index is 0.0418. The molecule has 2 aromatic rings. The van der Waals surface area contributed by atoms with Crippen molar-refractivity contribution >= 4 is 5.97 Å². The first-order valence-electron chi connectivity index (χ1n) is 12.1. The van der Waals surface area contributed by atoms with Crippen LogP contribution in [0.3, 0.4) is 0 Å². The molecule has 33 heavy (non-hydrogen) atoms. The molecule has 0 heterocycles. The van der Waals surface area contributed by atoms with Crippen LogP contribution in [0.5, 0.6) is 5.75 Å². The van der Waals surface area contributed by atoms with Crippen molar-refractivity contribution in [3.05, 3.63) is 64.2 Å². The average molecular weight is 456 g/mol.